The Hall–Kier alpha value is -1.82. The van der Waals surface area contributed by atoms with Crippen LogP contribution < -0.4 is 16.0 Å². The quantitative estimate of drug-likeness (QED) is 0.665. The van der Waals surface area contributed by atoms with Crippen molar-refractivity contribution in [3.63, 3.8) is 0 Å². The monoisotopic (exact) mass is 298 g/mol. The lowest BCUT2D eigenvalue weighted by atomic mass is 10.2. The lowest BCUT2D eigenvalue weighted by molar-refractivity contribution is -0.118. The summed E-state index contributed by atoms with van der Waals surface area (Å²) in [6.45, 7) is 4.98. The molecule has 1 heterocycles. The van der Waals surface area contributed by atoms with Crippen LogP contribution in [-0.4, -0.2) is 36.4 Å². The minimum Gasteiger partial charge on any atom is -0.369 e. The molecule has 3 N–H and O–H groups in total. The molecule has 110 valence electrons. The van der Waals surface area contributed by atoms with E-state index in [9.17, 15) is 9.59 Å². The van der Waals surface area contributed by atoms with Crippen molar-refractivity contribution in [1.82, 2.24) is 15.6 Å². The van der Waals surface area contributed by atoms with Gasteiger partial charge < -0.3 is 16.0 Å². The predicted molar refractivity (Wildman–Crippen MR) is 79.0 cm³/mol. The molecule has 1 aromatic rings. The van der Waals surface area contributed by atoms with Crippen LogP contribution in [0.25, 0.3) is 0 Å². The third-order valence-corrected chi connectivity index (χ3v) is 2.72. The molecule has 1 rings (SSSR count). The number of nitrogens with one attached hydrogen (secondary N) is 3. The normalized spacial score (nSPS) is 9.95. The van der Waals surface area contributed by atoms with Crippen LogP contribution in [0, 0.1) is 0 Å². The highest BCUT2D eigenvalue weighted by molar-refractivity contribution is 6.33. The number of amides is 2. The minimum absolute atomic E-state index is 0.129. The SMILES string of the molecule is CCCNc1ncc(C(=O)NCCNC(C)=O)cc1Cl. The highest BCUT2D eigenvalue weighted by Gasteiger charge is 2.09. The van der Waals surface area contributed by atoms with E-state index in [1.54, 1.807) is 6.07 Å². The number of aromatic nitrogens is 1. The number of pyridine rings is 1. The first-order chi connectivity index (χ1) is 9.54. The molecule has 6 nitrogen and oxygen atoms in total. The van der Waals surface area contributed by atoms with Gasteiger partial charge in [0.15, 0.2) is 0 Å². The van der Waals surface area contributed by atoms with Crippen molar-refractivity contribution in [3.8, 4) is 0 Å². The molecule has 7 heteroatoms. The van der Waals surface area contributed by atoms with E-state index in [1.165, 1.54) is 13.1 Å². The van der Waals surface area contributed by atoms with Gasteiger partial charge in [-0.15, -0.1) is 0 Å². The number of nitrogens with zero attached hydrogens (tertiary/aromatic N) is 1. The molecule has 0 aliphatic heterocycles. The summed E-state index contributed by atoms with van der Waals surface area (Å²) in [7, 11) is 0. The number of anilines is 1. The standard InChI is InChI=1S/C13H19ClN4O2/c1-3-4-16-12-11(14)7-10(8-18-12)13(20)17-6-5-15-9(2)19/h7-8H,3-6H2,1-2H3,(H,15,19)(H,16,18)(H,17,20). The van der Waals surface area contributed by atoms with Crippen molar-refractivity contribution < 1.29 is 9.59 Å². The Morgan fingerprint density at radius 3 is 2.55 bits per heavy atom. The zero-order valence-electron chi connectivity index (χ0n) is 11.6. The van der Waals surface area contributed by atoms with Crippen molar-refractivity contribution in [2.75, 3.05) is 25.0 Å². The average Bonchev–Trinajstić information content (AvgIpc) is 2.41. The van der Waals surface area contributed by atoms with Crippen LogP contribution in [0.3, 0.4) is 0 Å². The molecule has 0 aliphatic carbocycles. The van der Waals surface area contributed by atoms with Gasteiger partial charge in [0.2, 0.25) is 5.91 Å². The molecule has 0 aromatic carbocycles. The molecule has 0 fully saturated rings. The molecule has 0 saturated heterocycles. The first kappa shape index (κ1) is 16.2. The van der Waals surface area contributed by atoms with Crippen LogP contribution in [0.1, 0.15) is 30.6 Å². The molecule has 0 aliphatic rings. The Bertz CT molecular complexity index is 479. The van der Waals surface area contributed by atoms with Gasteiger partial charge >= 0.3 is 0 Å². The van der Waals surface area contributed by atoms with Crippen LogP contribution >= 0.6 is 11.6 Å². The van der Waals surface area contributed by atoms with Gasteiger partial charge in [-0.25, -0.2) is 4.98 Å². The number of hydrogen-bond acceptors (Lipinski definition) is 4. The van der Waals surface area contributed by atoms with Crippen LogP contribution in [0.15, 0.2) is 12.3 Å². The highest BCUT2D eigenvalue weighted by Crippen LogP contribution is 2.19. The lowest BCUT2D eigenvalue weighted by Gasteiger charge is -2.09. The van der Waals surface area contributed by atoms with Gasteiger partial charge in [0.05, 0.1) is 10.6 Å². The molecular weight excluding hydrogens is 280 g/mol. The summed E-state index contributed by atoms with van der Waals surface area (Å²) in [4.78, 5) is 26.6. The van der Waals surface area contributed by atoms with E-state index in [0.717, 1.165) is 13.0 Å². The fourth-order valence-electron chi connectivity index (χ4n) is 1.45. The van der Waals surface area contributed by atoms with Crippen LogP contribution in [0.4, 0.5) is 5.82 Å². The van der Waals surface area contributed by atoms with E-state index in [0.29, 0.717) is 29.5 Å². The van der Waals surface area contributed by atoms with Gasteiger partial charge in [-0.3, -0.25) is 9.59 Å². The first-order valence-electron chi connectivity index (χ1n) is 6.46. The number of rotatable bonds is 7. The fraction of sp³-hybridized carbons (Fsp3) is 0.462. The van der Waals surface area contributed by atoms with Crippen LogP contribution in [-0.2, 0) is 4.79 Å². The van der Waals surface area contributed by atoms with E-state index in [2.05, 4.69) is 20.9 Å². The van der Waals surface area contributed by atoms with Gasteiger partial charge in [-0.05, 0) is 12.5 Å². The van der Waals surface area contributed by atoms with Crippen molar-refractivity contribution >= 4 is 29.2 Å². The van der Waals surface area contributed by atoms with Gasteiger partial charge in [0, 0.05) is 32.8 Å². The molecule has 0 radical (unpaired) electrons. The maximum absolute atomic E-state index is 11.8. The molecule has 0 spiro atoms. The summed E-state index contributed by atoms with van der Waals surface area (Å²) < 4.78 is 0. The van der Waals surface area contributed by atoms with Crippen LogP contribution in [0.2, 0.25) is 5.02 Å². The third-order valence-electron chi connectivity index (χ3n) is 2.43. The molecular formula is C13H19ClN4O2. The van der Waals surface area contributed by atoms with E-state index >= 15 is 0 Å². The second-order valence-electron chi connectivity index (χ2n) is 4.22. The van der Waals surface area contributed by atoms with Crippen molar-refractivity contribution in [2.45, 2.75) is 20.3 Å². The van der Waals surface area contributed by atoms with Crippen molar-refractivity contribution in [3.05, 3.63) is 22.8 Å². The van der Waals surface area contributed by atoms with Gasteiger partial charge in [0.25, 0.3) is 5.91 Å². The zero-order valence-corrected chi connectivity index (χ0v) is 12.4. The second kappa shape index (κ2) is 8.37. The second-order valence-corrected chi connectivity index (χ2v) is 4.63. The molecule has 20 heavy (non-hydrogen) atoms. The van der Waals surface area contributed by atoms with E-state index in [4.69, 9.17) is 11.6 Å². The van der Waals surface area contributed by atoms with Gasteiger partial charge in [-0.1, -0.05) is 18.5 Å². The van der Waals surface area contributed by atoms with Crippen LogP contribution in [0.5, 0.6) is 0 Å². The first-order valence-corrected chi connectivity index (χ1v) is 6.84. The number of carbonyl (C=O) groups excluding carboxylic acids is 2. The number of halogens is 1. The third kappa shape index (κ3) is 5.44. The molecule has 1 aromatic heterocycles. The fourth-order valence-corrected chi connectivity index (χ4v) is 1.69. The minimum atomic E-state index is -0.271. The maximum atomic E-state index is 11.8. The average molecular weight is 299 g/mol. The summed E-state index contributed by atoms with van der Waals surface area (Å²) in [5, 5.41) is 8.74. The molecule has 0 atom stereocenters. The Kier molecular flexibility index (Phi) is 6.79. The smallest absolute Gasteiger partial charge is 0.252 e. The lowest BCUT2D eigenvalue weighted by Crippen LogP contribution is -2.33. The molecule has 2 amide bonds. The van der Waals surface area contributed by atoms with E-state index in [-0.39, 0.29) is 11.8 Å². The highest BCUT2D eigenvalue weighted by atomic mass is 35.5. The number of hydrogen-bond donors (Lipinski definition) is 3. The Morgan fingerprint density at radius 1 is 1.25 bits per heavy atom. The van der Waals surface area contributed by atoms with Crippen molar-refractivity contribution in [2.24, 2.45) is 0 Å². The summed E-state index contributed by atoms with van der Waals surface area (Å²) in [5.41, 5.74) is 0.389. The maximum Gasteiger partial charge on any atom is 0.252 e. The largest absolute Gasteiger partial charge is 0.369 e. The molecule has 0 bridgehead atoms. The zero-order chi connectivity index (χ0) is 15.0. The van der Waals surface area contributed by atoms with Gasteiger partial charge in [0.1, 0.15) is 5.82 Å². The van der Waals surface area contributed by atoms with E-state index < -0.39 is 0 Å². The molecule has 0 unspecified atom stereocenters. The molecule has 0 saturated carbocycles. The predicted octanol–water partition coefficient (Wildman–Crippen LogP) is 1.42. The van der Waals surface area contributed by atoms with E-state index in [1.807, 2.05) is 6.92 Å². The summed E-state index contributed by atoms with van der Waals surface area (Å²) >= 11 is 6.05. The summed E-state index contributed by atoms with van der Waals surface area (Å²) in [6.07, 6.45) is 2.43. The van der Waals surface area contributed by atoms with Gasteiger partial charge in [-0.2, -0.15) is 0 Å². The Labute approximate surface area is 123 Å². The number of carbonyl (C=O) groups is 2. The Balaban J connectivity index is 2.52. The topological polar surface area (TPSA) is 83.1 Å². The Morgan fingerprint density at radius 2 is 1.95 bits per heavy atom. The van der Waals surface area contributed by atoms with Crippen molar-refractivity contribution in [1.29, 1.82) is 0 Å². The summed E-state index contributed by atoms with van der Waals surface area (Å²) in [5.74, 6) is 0.172. The summed E-state index contributed by atoms with van der Waals surface area (Å²) in [6, 6.07) is 1.57.